The average Bonchev–Trinajstić information content (AvgIpc) is 2.90. The van der Waals surface area contributed by atoms with E-state index >= 15 is 0 Å². The Hall–Kier alpha value is -1.63. The van der Waals surface area contributed by atoms with Crippen LogP contribution in [-0.2, 0) is 0 Å². The maximum absolute atomic E-state index is 10.3. The third-order valence-corrected chi connectivity index (χ3v) is 4.19. The Morgan fingerprint density at radius 2 is 1.57 bits per heavy atom. The summed E-state index contributed by atoms with van der Waals surface area (Å²) in [6.45, 7) is 9.32. The van der Waals surface area contributed by atoms with Gasteiger partial charge in [0.05, 0.1) is 11.1 Å². The quantitative estimate of drug-likeness (QED) is 0.758. The van der Waals surface area contributed by atoms with Gasteiger partial charge >= 0.3 is 0 Å². The number of nitrogens with zero attached hydrogens (tertiary/aromatic N) is 4. The second kappa shape index (κ2) is 5.63. The van der Waals surface area contributed by atoms with E-state index in [1.54, 1.807) is 20.9 Å². The standard InChI is InChI=1S/C14H26N6O/c1-13(2,14(3,4)21)19-11-16-10(15-5)17-12(18-11)20-8-6-7-9-20/h21H,6-9H2,1-5H3,(H2,15,16,17,18,19). The van der Waals surface area contributed by atoms with Gasteiger partial charge in [-0.15, -0.1) is 0 Å². The van der Waals surface area contributed by atoms with E-state index in [0.29, 0.717) is 17.8 Å². The fourth-order valence-corrected chi connectivity index (χ4v) is 2.02. The first-order valence-corrected chi connectivity index (χ1v) is 7.42. The lowest BCUT2D eigenvalue weighted by Gasteiger charge is -2.38. The Kier molecular flexibility index (Phi) is 4.22. The molecule has 21 heavy (non-hydrogen) atoms. The van der Waals surface area contributed by atoms with E-state index in [4.69, 9.17) is 0 Å². The number of aliphatic hydroxyl groups is 1. The number of rotatable bonds is 5. The Balaban J connectivity index is 2.28. The molecule has 2 heterocycles. The lowest BCUT2D eigenvalue weighted by atomic mass is 9.86. The maximum Gasteiger partial charge on any atom is 0.231 e. The zero-order chi connectivity index (χ0) is 15.7. The molecule has 0 amide bonds. The van der Waals surface area contributed by atoms with E-state index in [1.807, 2.05) is 13.8 Å². The molecule has 1 saturated heterocycles. The van der Waals surface area contributed by atoms with Crippen LogP contribution in [0.2, 0.25) is 0 Å². The van der Waals surface area contributed by atoms with Crippen LogP contribution >= 0.6 is 0 Å². The van der Waals surface area contributed by atoms with E-state index in [1.165, 1.54) is 12.8 Å². The van der Waals surface area contributed by atoms with Crippen LogP contribution in [0.5, 0.6) is 0 Å². The van der Waals surface area contributed by atoms with Crippen molar-refractivity contribution in [2.45, 2.75) is 51.7 Å². The van der Waals surface area contributed by atoms with Gasteiger partial charge in [-0.05, 0) is 40.5 Å². The first kappa shape index (κ1) is 15.8. The van der Waals surface area contributed by atoms with Crippen LogP contribution in [0.1, 0.15) is 40.5 Å². The molecule has 0 radical (unpaired) electrons. The van der Waals surface area contributed by atoms with Crippen LogP contribution < -0.4 is 15.5 Å². The molecule has 0 saturated carbocycles. The molecule has 118 valence electrons. The van der Waals surface area contributed by atoms with Crippen LogP contribution in [0.25, 0.3) is 0 Å². The Morgan fingerprint density at radius 1 is 1.00 bits per heavy atom. The number of hydrogen-bond acceptors (Lipinski definition) is 7. The molecule has 1 aliphatic heterocycles. The van der Waals surface area contributed by atoms with Crippen molar-refractivity contribution in [3.05, 3.63) is 0 Å². The highest BCUT2D eigenvalue weighted by molar-refractivity contribution is 5.45. The molecule has 1 aromatic heterocycles. The number of aromatic nitrogens is 3. The zero-order valence-electron chi connectivity index (χ0n) is 13.6. The highest BCUT2D eigenvalue weighted by atomic mass is 16.3. The van der Waals surface area contributed by atoms with Gasteiger partial charge in [0, 0.05) is 20.1 Å². The minimum Gasteiger partial charge on any atom is -0.388 e. The van der Waals surface area contributed by atoms with Gasteiger partial charge in [0.25, 0.3) is 0 Å². The van der Waals surface area contributed by atoms with E-state index in [0.717, 1.165) is 13.1 Å². The summed E-state index contributed by atoms with van der Waals surface area (Å²) < 4.78 is 0. The van der Waals surface area contributed by atoms with E-state index in [-0.39, 0.29) is 0 Å². The Labute approximate surface area is 126 Å². The van der Waals surface area contributed by atoms with Crippen molar-refractivity contribution < 1.29 is 5.11 Å². The molecule has 3 N–H and O–H groups in total. The third kappa shape index (κ3) is 3.53. The third-order valence-electron chi connectivity index (χ3n) is 4.19. The van der Waals surface area contributed by atoms with Crippen molar-refractivity contribution in [1.82, 2.24) is 15.0 Å². The molecule has 0 unspecified atom stereocenters. The van der Waals surface area contributed by atoms with Crippen molar-refractivity contribution in [3.8, 4) is 0 Å². The number of nitrogens with one attached hydrogen (secondary N) is 2. The molecule has 0 bridgehead atoms. The van der Waals surface area contributed by atoms with Crippen LogP contribution in [0.3, 0.4) is 0 Å². The molecule has 1 aromatic rings. The second-order valence-electron chi connectivity index (χ2n) is 6.54. The van der Waals surface area contributed by atoms with Gasteiger partial charge in [-0.3, -0.25) is 0 Å². The first-order valence-electron chi connectivity index (χ1n) is 7.42. The lowest BCUT2D eigenvalue weighted by molar-refractivity contribution is 0.0237. The van der Waals surface area contributed by atoms with E-state index in [2.05, 4.69) is 30.5 Å². The molecule has 0 atom stereocenters. The Morgan fingerprint density at radius 3 is 2.10 bits per heavy atom. The van der Waals surface area contributed by atoms with Gasteiger partial charge in [0.15, 0.2) is 0 Å². The van der Waals surface area contributed by atoms with E-state index < -0.39 is 11.1 Å². The summed E-state index contributed by atoms with van der Waals surface area (Å²) >= 11 is 0. The van der Waals surface area contributed by atoms with Crippen LogP contribution in [0.15, 0.2) is 0 Å². The molecule has 1 fully saturated rings. The molecule has 1 aliphatic rings. The lowest BCUT2D eigenvalue weighted by Crippen LogP contribution is -2.51. The predicted molar refractivity (Wildman–Crippen MR) is 84.8 cm³/mol. The molecule has 7 heteroatoms. The molecule has 2 rings (SSSR count). The van der Waals surface area contributed by atoms with Crippen molar-refractivity contribution in [1.29, 1.82) is 0 Å². The van der Waals surface area contributed by atoms with Crippen molar-refractivity contribution >= 4 is 17.8 Å². The van der Waals surface area contributed by atoms with Gasteiger partial charge in [0.2, 0.25) is 17.8 Å². The van der Waals surface area contributed by atoms with Gasteiger partial charge < -0.3 is 20.6 Å². The molecular formula is C14H26N6O. The normalized spacial score (nSPS) is 16.2. The number of hydrogen-bond donors (Lipinski definition) is 3. The summed E-state index contributed by atoms with van der Waals surface area (Å²) in [4.78, 5) is 15.4. The van der Waals surface area contributed by atoms with Gasteiger partial charge in [-0.1, -0.05) is 0 Å². The summed E-state index contributed by atoms with van der Waals surface area (Å²) in [6.07, 6.45) is 2.33. The summed E-state index contributed by atoms with van der Waals surface area (Å²) in [7, 11) is 1.79. The smallest absolute Gasteiger partial charge is 0.231 e. The predicted octanol–water partition coefficient (Wildman–Crippen LogP) is 1.47. The van der Waals surface area contributed by atoms with Crippen LogP contribution in [0.4, 0.5) is 17.8 Å². The maximum atomic E-state index is 10.3. The summed E-state index contributed by atoms with van der Waals surface area (Å²) in [5.41, 5.74) is -1.48. The summed E-state index contributed by atoms with van der Waals surface area (Å²) in [6, 6.07) is 0. The minimum atomic E-state index is -0.909. The summed E-state index contributed by atoms with van der Waals surface area (Å²) in [5, 5.41) is 16.4. The number of anilines is 3. The van der Waals surface area contributed by atoms with Crippen molar-refractivity contribution in [2.24, 2.45) is 0 Å². The molecule has 0 aliphatic carbocycles. The SMILES string of the molecule is CNc1nc(NC(C)(C)C(C)(C)O)nc(N2CCCC2)n1. The van der Waals surface area contributed by atoms with Gasteiger partial charge in [-0.2, -0.15) is 15.0 Å². The summed E-state index contributed by atoms with van der Waals surface area (Å²) in [5.74, 6) is 1.69. The second-order valence-corrected chi connectivity index (χ2v) is 6.54. The van der Waals surface area contributed by atoms with Gasteiger partial charge in [0.1, 0.15) is 0 Å². The first-order chi connectivity index (χ1) is 9.73. The van der Waals surface area contributed by atoms with Crippen molar-refractivity contribution in [3.63, 3.8) is 0 Å². The Bertz CT molecular complexity index is 491. The largest absolute Gasteiger partial charge is 0.388 e. The highest BCUT2D eigenvalue weighted by Gasteiger charge is 2.36. The average molecular weight is 294 g/mol. The zero-order valence-corrected chi connectivity index (χ0v) is 13.6. The van der Waals surface area contributed by atoms with E-state index in [9.17, 15) is 5.11 Å². The van der Waals surface area contributed by atoms with Crippen LogP contribution in [-0.4, -0.2) is 51.3 Å². The highest BCUT2D eigenvalue weighted by Crippen LogP contribution is 2.26. The minimum absolute atomic E-state index is 0.475. The molecular weight excluding hydrogens is 268 g/mol. The van der Waals surface area contributed by atoms with Crippen LogP contribution in [0, 0.1) is 0 Å². The molecule has 0 aromatic carbocycles. The fourth-order valence-electron chi connectivity index (χ4n) is 2.02. The van der Waals surface area contributed by atoms with Gasteiger partial charge in [-0.25, -0.2) is 0 Å². The topological polar surface area (TPSA) is 86.2 Å². The molecule has 0 spiro atoms. The molecule has 7 nitrogen and oxygen atoms in total. The fraction of sp³-hybridized carbons (Fsp3) is 0.786. The monoisotopic (exact) mass is 294 g/mol. The van der Waals surface area contributed by atoms with Crippen molar-refractivity contribution in [2.75, 3.05) is 35.7 Å².